The molecule has 174 valence electrons. The Bertz CT molecular complexity index is 1320. The van der Waals surface area contributed by atoms with Crippen molar-refractivity contribution in [1.82, 2.24) is 5.01 Å². The lowest BCUT2D eigenvalue weighted by Crippen LogP contribution is -2.34. The van der Waals surface area contributed by atoms with Crippen LogP contribution in [0.4, 0.5) is 0 Å². The quantitative estimate of drug-likeness (QED) is 0.562. The van der Waals surface area contributed by atoms with E-state index in [1.165, 1.54) is 14.2 Å². The molecule has 34 heavy (non-hydrogen) atoms. The average Bonchev–Trinajstić information content (AvgIpc) is 3.29. The van der Waals surface area contributed by atoms with E-state index >= 15 is 0 Å². The number of aromatic carboxylic acids is 1. The lowest BCUT2D eigenvalue weighted by molar-refractivity contribution is -0.0199. The van der Waals surface area contributed by atoms with Gasteiger partial charge in [-0.05, 0) is 43.7 Å². The fraction of sp³-hybridized carbons (Fsp3) is 0.259. The number of carboxylic acids is 1. The second kappa shape index (κ2) is 8.41. The Kier molecular flexibility index (Phi) is 5.40. The van der Waals surface area contributed by atoms with Crippen LogP contribution in [0, 0.1) is 13.8 Å². The van der Waals surface area contributed by atoms with Gasteiger partial charge in [0.25, 0.3) is 0 Å². The van der Waals surface area contributed by atoms with Crippen LogP contribution >= 0.6 is 0 Å². The fourth-order valence-electron chi connectivity index (χ4n) is 4.82. The van der Waals surface area contributed by atoms with Crippen molar-refractivity contribution in [3.8, 4) is 17.2 Å². The van der Waals surface area contributed by atoms with Crippen LogP contribution < -0.4 is 14.2 Å². The number of carbonyl (C=O) groups is 1. The summed E-state index contributed by atoms with van der Waals surface area (Å²) in [6.07, 6.45) is -0.0509. The Morgan fingerprint density at radius 3 is 2.59 bits per heavy atom. The third-order valence-electron chi connectivity index (χ3n) is 6.46. The highest BCUT2D eigenvalue weighted by atomic mass is 16.5. The number of nitrogens with zero attached hydrogens (tertiary/aromatic N) is 2. The fourth-order valence-corrected chi connectivity index (χ4v) is 4.82. The first-order valence-corrected chi connectivity index (χ1v) is 11.1. The molecule has 0 unspecified atom stereocenters. The molecule has 0 aromatic heterocycles. The lowest BCUT2D eigenvalue weighted by atomic mass is 9.93. The zero-order valence-corrected chi connectivity index (χ0v) is 19.5. The van der Waals surface area contributed by atoms with Crippen molar-refractivity contribution in [2.75, 3.05) is 14.2 Å². The van der Waals surface area contributed by atoms with E-state index in [1.54, 1.807) is 12.1 Å². The van der Waals surface area contributed by atoms with Gasteiger partial charge in [-0.15, -0.1) is 0 Å². The first-order valence-electron chi connectivity index (χ1n) is 11.1. The molecule has 0 fully saturated rings. The molecule has 0 amide bonds. The van der Waals surface area contributed by atoms with Crippen LogP contribution in [0.2, 0.25) is 0 Å². The largest absolute Gasteiger partial charge is 0.493 e. The molecular formula is C27H26N2O5. The number of hydrogen-bond acceptors (Lipinski definition) is 6. The number of methoxy groups -OCH3 is 2. The molecule has 2 aliphatic heterocycles. The SMILES string of the molecule is COc1ccc([C@H]2Oc3ccccc3[C@H]3CC(c4cc(C)ccc4C)=NN32)c(C(=O)O)c1OC. The van der Waals surface area contributed by atoms with Crippen LogP contribution in [-0.4, -0.2) is 36.0 Å². The Morgan fingerprint density at radius 1 is 1.06 bits per heavy atom. The molecule has 5 rings (SSSR count). The van der Waals surface area contributed by atoms with E-state index in [1.807, 2.05) is 29.3 Å². The van der Waals surface area contributed by atoms with Crippen molar-refractivity contribution in [2.24, 2.45) is 5.10 Å². The number of ether oxygens (including phenoxy) is 3. The highest BCUT2D eigenvalue weighted by molar-refractivity contribution is 6.03. The summed E-state index contributed by atoms with van der Waals surface area (Å²) in [5.41, 5.74) is 5.84. The number of hydrazone groups is 1. The molecule has 2 aliphatic rings. The number of rotatable bonds is 5. The molecule has 0 saturated carbocycles. The number of aryl methyl sites for hydroxylation is 2. The number of benzene rings is 3. The molecule has 3 aromatic rings. The topological polar surface area (TPSA) is 80.6 Å². The van der Waals surface area contributed by atoms with Crippen molar-refractivity contribution < 1.29 is 24.1 Å². The monoisotopic (exact) mass is 458 g/mol. The number of hydrogen-bond donors (Lipinski definition) is 1. The van der Waals surface area contributed by atoms with Crippen LogP contribution in [0.5, 0.6) is 17.2 Å². The van der Waals surface area contributed by atoms with Gasteiger partial charge in [0, 0.05) is 23.1 Å². The summed E-state index contributed by atoms with van der Waals surface area (Å²) in [7, 11) is 2.91. The predicted molar refractivity (Wildman–Crippen MR) is 128 cm³/mol. The van der Waals surface area contributed by atoms with Crippen LogP contribution in [0.1, 0.15) is 56.9 Å². The lowest BCUT2D eigenvalue weighted by Gasteiger charge is -2.38. The first-order chi connectivity index (χ1) is 16.4. The van der Waals surface area contributed by atoms with Crippen LogP contribution in [0.3, 0.4) is 0 Å². The normalized spacial score (nSPS) is 18.5. The van der Waals surface area contributed by atoms with Crippen molar-refractivity contribution in [3.05, 3.63) is 88.0 Å². The second-order valence-corrected chi connectivity index (χ2v) is 8.54. The van der Waals surface area contributed by atoms with E-state index in [0.717, 1.165) is 33.7 Å². The molecule has 7 nitrogen and oxygen atoms in total. The van der Waals surface area contributed by atoms with Gasteiger partial charge < -0.3 is 19.3 Å². The van der Waals surface area contributed by atoms with Gasteiger partial charge in [0.05, 0.1) is 26.0 Å². The van der Waals surface area contributed by atoms with E-state index in [4.69, 9.17) is 19.3 Å². The minimum atomic E-state index is -1.12. The van der Waals surface area contributed by atoms with Gasteiger partial charge in [0.15, 0.2) is 11.5 Å². The maximum atomic E-state index is 12.4. The van der Waals surface area contributed by atoms with Gasteiger partial charge in [-0.25, -0.2) is 9.80 Å². The number of para-hydroxylation sites is 1. The van der Waals surface area contributed by atoms with Gasteiger partial charge in [0.2, 0.25) is 6.23 Å². The molecule has 1 N–H and O–H groups in total. The van der Waals surface area contributed by atoms with Crippen molar-refractivity contribution in [2.45, 2.75) is 32.5 Å². The minimum absolute atomic E-state index is 0.000340. The van der Waals surface area contributed by atoms with E-state index in [0.29, 0.717) is 17.7 Å². The molecule has 0 bridgehead atoms. The third-order valence-corrected chi connectivity index (χ3v) is 6.46. The van der Waals surface area contributed by atoms with Crippen molar-refractivity contribution in [3.63, 3.8) is 0 Å². The Hall–Kier alpha value is -4.00. The van der Waals surface area contributed by atoms with Gasteiger partial charge in [-0.1, -0.05) is 35.9 Å². The highest BCUT2D eigenvalue weighted by Gasteiger charge is 2.43. The predicted octanol–water partition coefficient (Wildman–Crippen LogP) is 5.26. The number of fused-ring (bicyclic) bond motifs is 3. The molecule has 0 radical (unpaired) electrons. The molecule has 3 aromatic carbocycles. The van der Waals surface area contributed by atoms with Crippen molar-refractivity contribution in [1.29, 1.82) is 0 Å². The Labute approximate surface area is 198 Å². The molecule has 2 heterocycles. The first kappa shape index (κ1) is 21.8. The van der Waals surface area contributed by atoms with Crippen LogP contribution in [0.15, 0.2) is 59.7 Å². The van der Waals surface area contributed by atoms with Crippen LogP contribution in [0.25, 0.3) is 0 Å². The summed E-state index contributed by atoms with van der Waals surface area (Å²) >= 11 is 0. The summed E-state index contributed by atoms with van der Waals surface area (Å²) in [5.74, 6) is 0.0989. The summed E-state index contributed by atoms with van der Waals surface area (Å²) in [6, 6.07) is 17.5. The van der Waals surface area contributed by atoms with Crippen LogP contribution in [-0.2, 0) is 0 Å². The van der Waals surface area contributed by atoms with E-state index in [9.17, 15) is 9.90 Å². The van der Waals surface area contributed by atoms with Gasteiger partial charge in [0.1, 0.15) is 11.3 Å². The average molecular weight is 459 g/mol. The smallest absolute Gasteiger partial charge is 0.340 e. The summed E-state index contributed by atoms with van der Waals surface area (Å²) in [6.45, 7) is 4.14. The summed E-state index contributed by atoms with van der Waals surface area (Å²) in [4.78, 5) is 12.4. The minimum Gasteiger partial charge on any atom is -0.493 e. The van der Waals surface area contributed by atoms with Gasteiger partial charge >= 0.3 is 5.97 Å². The molecular weight excluding hydrogens is 432 g/mol. The standard InChI is InChI=1S/C27H26N2O5/c1-15-9-10-16(2)19(13-15)20-14-21-17-7-5-6-8-22(17)34-26(29(21)28-20)18-11-12-23(32-3)25(33-4)24(18)27(30)31/h5-13,21,26H,14H2,1-4H3,(H,30,31)/t21-,26-/m1/s1. The Morgan fingerprint density at radius 2 is 1.85 bits per heavy atom. The zero-order chi connectivity index (χ0) is 24.0. The molecule has 7 heteroatoms. The molecule has 0 aliphatic carbocycles. The van der Waals surface area contributed by atoms with E-state index in [2.05, 4.69) is 32.0 Å². The summed E-state index contributed by atoms with van der Waals surface area (Å²) in [5, 5.41) is 17.0. The van der Waals surface area contributed by atoms with Gasteiger partial charge in [-0.2, -0.15) is 5.10 Å². The summed E-state index contributed by atoms with van der Waals surface area (Å²) < 4.78 is 17.2. The second-order valence-electron chi connectivity index (χ2n) is 8.54. The third kappa shape index (κ3) is 3.44. The van der Waals surface area contributed by atoms with Gasteiger partial charge in [-0.3, -0.25) is 0 Å². The molecule has 0 saturated heterocycles. The van der Waals surface area contributed by atoms with E-state index in [-0.39, 0.29) is 17.4 Å². The van der Waals surface area contributed by atoms with E-state index < -0.39 is 12.2 Å². The maximum absolute atomic E-state index is 12.4. The molecule has 2 atom stereocenters. The maximum Gasteiger partial charge on any atom is 0.340 e. The molecule has 0 spiro atoms. The van der Waals surface area contributed by atoms with Crippen molar-refractivity contribution >= 4 is 11.7 Å². The Balaban J connectivity index is 1.69. The number of carboxylic acid groups (broad SMARTS) is 1. The highest BCUT2D eigenvalue weighted by Crippen LogP contribution is 2.49. The zero-order valence-electron chi connectivity index (χ0n) is 19.5.